The molecule has 1 nitrogen and oxygen atoms in total. The second-order valence-corrected chi connectivity index (χ2v) is 5.25. The molecule has 64 valence electrons. The molecule has 0 amide bonds. The molecule has 0 heterocycles. The molecular formula is C9H15BrO. The molecule has 1 aliphatic carbocycles. The van der Waals surface area contributed by atoms with Crippen LogP contribution < -0.4 is 0 Å². The van der Waals surface area contributed by atoms with Crippen LogP contribution in [0.25, 0.3) is 0 Å². The van der Waals surface area contributed by atoms with Gasteiger partial charge in [0, 0.05) is 6.42 Å². The molecule has 0 spiro atoms. The summed E-state index contributed by atoms with van der Waals surface area (Å²) in [4.78, 5) is 11.4. The molecule has 11 heavy (non-hydrogen) atoms. The predicted octanol–water partition coefficient (Wildman–Crippen LogP) is 2.78. The van der Waals surface area contributed by atoms with Gasteiger partial charge in [0.2, 0.25) is 0 Å². The van der Waals surface area contributed by atoms with E-state index in [2.05, 4.69) is 36.7 Å². The molecule has 1 saturated carbocycles. The third kappa shape index (κ3) is 1.84. The van der Waals surface area contributed by atoms with Crippen LogP contribution in [0.15, 0.2) is 0 Å². The third-order valence-corrected chi connectivity index (χ3v) is 4.14. The summed E-state index contributed by atoms with van der Waals surface area (Å²) in [5.41, 5.74) is 0.148. The van der Waals surface area contributed by atoms with Crippen molar-refractivity contribution in [3.05, 3.63) is 0 Å². The Morgan fingerprint density at radius 3 is 2.55 bits per heavy atom. The van der Waals surface area contributed by atoms with E-state index in [1.165, 1.54) is 0 Å². The molecule has 0 aromatic heterocycles. The van der Waals surface area contributed by atoms with E-state index < -0.39 is 0 Å². The van der Waals surface area contributed by atoms with Crippen molar-refractivity contribution in [2.75, 3.05) is 0 Å². The van der Waals surface area contributed by atoms with E-state index in [0.29, 0.717) is 11.7 Å². The van der Waals surface area contributed by atoms with Gasteiger partial charge in [0.05, 0.1) is 4.83 Å². The summed E-state index contributed by atoms with van der Waals surface area (Å²) in [6, 6.07) is 0. The van der Waals surface area contributed by atoms with Crippen LogP contribution in [0.2, 0.25) is 0 Å². The molecule has 0 bridgehead atoms. The van der Waals surface area contributed by atoms with Crippen molar-refractivity contribution in [3.8, 4) is 0 Å². The monoisotopic (exact) mass is 218 g/mol. The number of carbonyl (C=O) groups is 1. The second kappa shape index (κ2) is 2.89. The van der Waals surface area contributed by atoms with Crippen LogP contribution in [0.5, 0.6) is 0 Å². The summed E-state index contributed by atoms with van der Waals surface area (Å²) in [7, 11) is 0. The van der Waals surface area contributed by atoms with E-state index in [4.69, 9.17) is 0 Å². The highest BCUT2D eigenvalue weighted by Crippen LogP contribution is 2.40. The first-order valence-corrected chi connectivity index (χ1v) is 5.02. The van der Waals surface area contributed by atoms with E-state index >= 15 is 0 Å². The first-order valence-electron chi connectivity index (χ1n) is 4.10. The Labute approximate surface area is 76.7 Å². The maximum absolute atomic E-state index is 11.4. The smallest absolute Gasteiger partial charge is 0.147 e. The number of rotatable bonds is 0. The summed E-state index contributed by atoms with van der Waals surface area (Å²) in [5, 5.41) is 0. The van der Waals surface area contributed by atoms with Gasteiger partial charge < -0.3 is 0 Å². The quantitative estimate of drug-likeness (QED) is 0.572. The van der Waals surface area contributed by atoms with E-state index in [-0.39, 0.29) is 10.2 Å². The normalized spacial score (nSPS) is 37.3. The lowest BCUT2D eigenvalue weighted by Gasteiger charge is -2.37. The molecule has 0 aliphatic heterocycles. The topological polar surface area (TPSA) is 17.1 Å². The molecule has 2 atom stereocenters. The molecule has 0 saturated heterocycles. The number of hydrogen-bond acceptors (Lipinski definition) is 1. The lowest BCUT2D eigenvalue weighted by Crippen LogP contribution is -2.38. The number of alkyl halides is 1. The minimum atomic E-state index is 0.0752. The van der Waals surface area contributed by atoms with Crippen molar-refractivity contribution in [1.82, 2.24) is 0 Å². The number of ketones is 1. The Morgan fingerprint density at radius 1 is 1.55 bits per heavy atom. The highest BCUT2D eigenvalue weighted by Gasteiger charge is 2.38. The van der Waals surface area contributed by atoms with Crippen molar-refractivity contribution in [2.45, 2.75) is 38.4 Å². The lowest BCUT2D eigenvalue weighted by atomic mass is 9.72. The van der Waals surface area contributed by atoms with Crippen molar-refractivity contribution in [1.29, 1.82) is 0 Å². The highest BCUT2D eigenvalue weighted by atomic mass is 79.9. The molecule has 2 heteroatoms. The maximum Gasteiger partial charge on any atom is 0.147 e. The standard InChI is InChI=1S/C9H15BrO/c1-6-4-7(11)8(10)9(2,3)5-6/h6,8H,4-5H2,1-3H3/t6-,8-/m0/s1. The van der Waals surface area contributed by atoms with E-state index in [1.807, 2.05) is 0 Å². The fourth-order valence-corrected chi connectivity index (χ4v) is 2.33. The lowest BCUT2D eigenvalue weighted by molar-refractivity contribution is -0.123. The zero-order valence-electron chi connectivity index (χ0n) is 7.36. The maximum atomic E-state index is 11.4. The first kappa shape index (κ1) is 9.24. The van der Waals surface area contributed by atoms with Gasteiger partial charge in [-0.05, 0) is 17.8 Å². The Balaban J connectivity index is 2.75. The molecule has 1 aliphatic rings. The largest absolute Gasteiger partial charge is 0.298 e. The van der Waals surface area contributed by atoms with Crippen molar-refractivity contribution >= 4 is 21.7 Å². The van der Waals surface area contributed by atoms with Gasteiger partial charge in [0.1, 0.15) is 5.78 Å². The molecule has 0 radical (unpaired) electrons. The van der Waals surface area contributed by atoms with Crippen LogP contribution in [0, 0.1) is 11.3 Å². The fraction of sp³-hybridized carbons (Fsp3) is 0.889. The summed E-state index contributed by atoms with van der Waals surface area (Å²) in [6.45, 7) is 6.46. The summed E-state index contributed by atoms with van der Waals surface area (Å²) >= 11 is 3.45. The number of Topliss-reactive ketones (excluding diaryl/α,β-unsaturated/α-hetero) is 1. The molecule has 1 fully saturated rings. The van der Waals surface area contributed by atoms with Crippen LogP contribution >= 0.6 is 15.9 Å². The van der Waals surface area contributed by atoms with Crippen molar-refractivity contribution in [3.63, 3.8) is 0 Å². The third-order valence-electron chi connectivity index (χ3n) is 2.39. The van der Waals surface area contributed by atoms with Crippen molar-refractivity contribution in [2.24, 2.45) is 11.3 Å². The van der Waals surface area contributed by atoms with Gasteiger partial charge in [-0.1, -0.05) is 36.7 Å². The summed E-state index contributed by atoms with van der Waals surface area (Å²) in [5.74, 6) is 0.931. The summed E-state index contributed by atoms with van der Waals surface area (Å²) in [6.07, 6.45) is 1.90. The second-order valence-electron chi connectivity index (χ2n) is 4.33. The van der Waals surface area contributed by atoms with Gasteiger partial charge in [-0.2, -0.15) is 0 Å². The summed E-state index contributed by atoms with van der Waals surface area (Å²) < 4.78 is 0. The molecule has 1 rings (SSSR count). The Morgan fingerprint density at radius 2 is 2.09 bits per heavy atom. The van der Waals surface area contributed by atoms with Crippen LogP contribution in [0.4, 0.5) is 0 Å². The minimum Gasteiger partial charge on any atom is -0.298 e. The van der Waals surface area contributed by atoms with Gasteiger partial charge >= 0.3 is 0 Å². The molecule has 0 aromatic rings. The van der Waals surface area contributed by atoms with Crippen LogP contribution in [0.1, 0.15) is 33.6 Å². The molecule has 0 unspecified atom stereocenters. The predicted molar refractivity (Wildman–Crippen MR) is 49.9 cm³/mol. The highest BCUT2D eigenvalue weighted by molar-refractivity contribution is 9.10. The Bertz CT molecular complexity index is 174. The average molecular weight is 219 g/mol. The Hall–Kier alpha value is 0.150. The fourth-order valence-electron chi connectivity index (χ4n) is 1.96. The van der Waals surface area contributed by atoms with Crippen LogP contribution in [-0.4, -0.2) is 10.6 Å². The van der Waals surface area contributed by atoms with Gasteiger partial charge in [-0.25, -0.2) is 0 Å². The number of hydrogen-bond donors (Lipinski definition) is 0. The van der Waals surface area contributed by atoms with E-state index in [9.17, 15) is 4.79 Å². The first-order chi connectivity index (χ1) is 4.93. The van der Waals surface area contributed by atoms with Gasteiger partial charge in [0.25, 0.3) is 0 Å². The van der Waals surface area contributed by atoms with Gasteiger partial charge in [-0.15, -0.1) is 0 Å². The van der Waals surface area contributed by atoms with Gasteiger partial charge in [0.15, 0.2) is 0 Å². The molecule has 0 N–H and O–H groups in total. The Kier molecular flexibility index (Phi) is 2.43. The molecular weight excluding hydrogens is 204 g/mol. The molecule has 0 aromatic carbocycles. The average Bonchev–Trinajstić information content (AvgIpc) is 1.81. The number of halogens is 1. The van der Waals surface area contributed by atoms with Crippen molar-refractivity contribution < 1.29 is 4.79 Å². The van der Waals surface area contributed by atoms with Crippen LogP contribution in [0.3, 0.4) is 0 Å². The minimum absolute atomic E-state index is 0.0752. The number of carbonyl (C=O) groups excluding carboxylic acids is 1. The van der Waals surface area contributed by atoms with Crippen LogP contribution in [-0.2, 0) is 4.79 Å². The van der Waals surface area contributed by atoms with E-state index in [0.717, 1.165) is 12.8 Å². The zero-order valence-corrected chi connectivity index (χ0v) is 8.94. The van der Waals surface area contributed by atoms with E-state index in [1.54, 1.807) is 0 Å². The van der Waals surface area contributed by atoms with Gasteiger partial charge in [-0.3, -0.25) is 4.79 Å². The zero-order chi connectivity index (χ0) is 8.65. The SMILES string of the molecule is C[C@H]1CC(=O)[C@H](Br)C(C)(C)C1.